The highest BCUT2D eigenvalue weighted by atomic mass is 19.1. The van der Waals surface area contributed by atoms with Crippen LogP contribution in [-0.4, -0.2) is 70.0 Å². The predicted octanol–water partition coefficient (Wildman–Crippen LogP) is 1.64. The van der Waals surface area contributed by atoms with E-state index in [-0.39, 0.29) is 11.6 Å². The van der Waals surface area contributed by atoms with Gasteiger partial charge in [0.2, 0.25) is 12.1 Å². The second-order valence-electron chi connectivity index (χ2n) is 7.76. The third kappa shape index (κ3) is 2.71. The Kier molecular flexibility index (Phi) is 3.82. The van der Waals surface area contributed by atoms with Gasteiger partial charge in [-0.25, -0.2) is 9.38 Å². The summed E-state index contributed by atoms with van der Waals surface area (Å²) in [4.78, 5) is 36.4. The van der Waals surface area contributed by atoms with Crippen molar-refractivity contribution in [2.45, 2.75) is 13.1 Å². The zero-order chi connectivity index (χ0) is 19.4. The molecule has 144 valence electrons. The number of carbonyl (C=O) groups excluding carboxylic acids is 2. The lowest BCUT2D eigenvalue weighted by molar-refractivity contribution is -0.120. The number of amides is 2. The van der Waals surface area contributed by atoms with Crippen molar-refractivity contribution in [1.29, 1.82) is 0 Å². The lowest BCUT2D eigenvalue weighted by Gasteiger charge is -2.24. The minimum atomic E-state index is -1.73. The van der Waals surface area contributed by atoms with Crippen molar-refractivity contribution in [3.8, 4) is 0 Å². The molecule has 0 N–H and O–H groups in total. The first-order valence-electron chi connectivity index (χ1n) is 9.42. The first kappa shape index (κ1) is 17.1. The smallest absolute Gasteiger partial charge is 0.289 e. The van der Waals surface area contributed by atoms with Crippen LogP contribution in [0.3, 0.4) is 0 Å². The van der Waals surface area contributed by atoms with Gasteiger partial charge in [0.05, 0.1) is 11.3 Å². The number of aromatic nitrogens is 1. The van der Waals surface area contributed by atoms with Gasteiger partial charge in [-0.05, 0) is 25.1 Å². The molecule has 0 bridgehead atoms. The molecule has 0 radical (unpaired) electrons. The number of hydrogen-bond donors (Lipinski definition) is 0. The summed E-state index contributed by atoms with van der Waals surface area (Å²) in [6.45, 7) is 4.19. The Hall–Kier alpha value is -3.03. The van der Waals surface area contributed by atoms with Crippen molar-refractivity contribution in [3.63, 3.8) is 0 Å². The summed E-state index contributed by atoms with van der Waals surface area (Å²) in [5, 5.41) is 0. The topological polar surface area (TPSA) is 69.8 Å². The van der Waals surface area contributed by atoms with Crippen LogP contribution in [0.2, 0.25) is 0 Å². The van der Waals surface area contributed by atoms with Crippen LogP contribution in [0.15, 0.2) is 46.6 Å². The van der Waals surface area contributed by atoms with E-state index in [1.54, 1.807) is 0 Å². The molecule has 2 amide bonds. The number of aliphatic imine (C=N–C) groups is 2. The van der Waals surface area contributed by atoms with Gasteiger partial charge in [-0.3, -0.25) is 9.59 Å². The van der Waals surface area contributed by atoms with Gasteiger partial charge in [0.15, 0.2) is 0 Å². The van der Waals surface area contributed by atoms with E-state index < -0.39 is 12.1 Å². The van der Waals surface area contributed by atoms with Crippen LogP contribution >= 0.6 is 0 Å². The van der Waals surface area contributed by atoms with Gasteiger partial charge in [0.25, 0.3) is 11.8 Å². The normalized spacial score (nSPS) is 27.2. The molecule has 7 nitrogen and oxygen atoms in total. The maximum Gasteiger partial charge on any atom is 0.289 e. The summed E-state index contributed by atoms with van der Waals surface area (Å²) in [6, 6.07) is 7.77. The van der Waals surface area contributed by atoms with Crippen LogP contribution in [0.1, 0.15) is 17.3 Å². The monoisotopic (exact) mass is 381 g/mol. The third-order valence-corrected chi connectivity index (χ3v) is 5.88. The molecule has 3 unspecified atom stereocenters. The molecule has 5 heterocycles. The minimum Gasteiger partial charge on any atom is -0.340 e. The summed E-state index contributed by atoms with van der Waals surface area (Å²) in [6.07, 6.45) is 2.07. The number of nitrogens with zero attached hydrogens (tertiary/aromatic N) is 5. The van der Waals surface area contributed by atoms with E-state index in [1.165, 1.54) is 6.92 Å². The van der Waals surface area contributed by atoms with E-state index in [4.69, 9.17) is 0 Å². The number of hydrogen-bond acceptors (Lipinski definition) is 4. The van der Waals surface area contributed by atoms with Crippen LogP contribution in [0.5, 0.6) is 0 Å². The maximum atomic E-state index is 13.6. The molecule has 3 aliphatic heterocycles. The van der Waals surface area contributed by atoms with Crippen LogP contribution < -0.4 is 0 Å². The maximum absolute atomic E-state index is 13.6. The Morgan fingerprint density at radius 1 is 1.14 bits per heavy atom. The molecule has 2 aromatic rings. The fraction of sp³-hybridized carbons (Fsp3) is 0.400. The SMILES string of the molecule is CC1=NC(N2CC3CN(C(=O)c4cc5ccccn5c4)CC3C2)=NC(=O)C1F. The number of pyridine rings is 1. The highest BCUT2D eigenvalue weighted by Crippen LogP contribution is 2.33. The largest absolute Gasteiger partial charge is 0.340 e. The lowest BCUT2D eigenvalue weighted by atomic mass is 10.0. The molecular formula is C20H20FN5O2. The molecule has 0 spiro atoms. The molecule has 28 heavy (non-hydrogen) atoms. The van der Waals surface area contributed by atoms with Gasteiger partial charge in [-0.1, -0.05) is 6.07 Å². The van der Waals surface area contributed by atoms with E-state index in [0.29, 0.717) is 49.5 Å². The average molecular weight is 381 g/mol. The van der Waals surface area contributed by atoms with Gasteiger partial charge in [-0.2, -0.15) is 4.99 Å². The van der Waals surface area contributed by atoms with Crippen molar-refractivity contribution in [2.75, 3.05) is 26.2 Å². The zero-order valence-corrected chi connectivity index (χ0v) is 15.5. The number of fused-ring (bicyclic) bond motifs is 2. The summed E-state index contributed by atoms with van der Waals surface area (Å²) in [5.74, 6) is 0.179. The summed E-state index contributed by atoms with van der Waals surface area (Å²) in [7, 11) is 0. The Bertz CT molecular complexity index is 995. The second kappa shape index (κ2) is 6.25. The lowest BCUT2D eigenvalue weighted by Crippen LogP contribution is -2.38. The van der Waals surface area contributed by atoms with Gasteiger partial charge >= 0.3 is 0 Å². The molecular weight excluding hydrogens is 361 g/mol. The van der Waals surface area contributed by atoms with Crippen LogP contribution in [0.25, 0.3) is 5.52 Å². The Morgan fingerprint density at radius 3 is 2.57 bits per heavy atom. The van der Waals surface area contributed by atoms with E-state index in [2.05, 4.69) is 9.98 Å². The molecule has 8 heteroatoms. The molecule has 0 aromatic carbocycles. The number of guanidine groups is 1. The first-order valence-corrected chi connectivity index (χ1v) is 9.42. The predicted molar refractivity (Wildman–Crippen MR) is 102 cm³/mol. The minimum absolute atomic E-state index is 0.0453. The molecule has 3 aliphatic rings. The Balaban J connectivity index is 1.28. The van der Waals surface area contributed by atoms with Crippen molar-refractivity contribution in [1.82, 2.24) is 14.2 Å². The molecule has 2 aromatic heterocycles. The highest BCUT2D eigenvalue weighted by Gasteiger charge is 2.43. The van der Waals surface area contributed by atoms with Crippen LogP contribution in [0.4, 0.5) is 4.39 Å². The van der Waals surface area contributed by atoms with Crippen molar-refractivity contribution < 1.29 is 14.0 Å². The zero-order valence-electron chi connectivity index (χ0n) is 15.5. The number of rotatable bonds is 1. The van der Waals surface area contributed by atoms with E-state index >= 15 is 0 Å². The van der Waals surface area contributed by atoms with Crippen molar-refractivity contribution >= 4 is 29.0 Å². The highest BCUT2D eigenvalue weighted by molar-refractivity contribution is 6.16. The number of alkyl halides is 1. The summed E-state index contributed by atoms with van der Waals surface area (Å²) in [5.41, 5.74) is 1.85. The molecule has 3 atom stereocenters. The fourth-order valence-corrected chi connectivity index (χ4v) is 4.39. The summed E-state index contributed by atoms with van der Waals surface area (Å²) < 4.78 is 15.5. The van der Waals surface area contributed by atoms with Gasteiger partial charge in [-0.15, -0.1) is 0 Å². The van der Waals surface area contributed by atoms with Crippen molar-refractivity contribution in [3.05, 3.63) is 42.2 Å². The average Bonchev–Trinajstić information content (AvgIpc) is 3.37. The number of likely N-dealkylation sites (tertiary alicyclic amines) is 2. The quantitative estimate of drug-likeness (QED) is 0.754. The Labute approximate surface area is 161 Å². The van der Waals surface area contributed by atoms with Gasteiger partial charge in [0, 0.05) is 55.9 Å². The van der Waals surface area contributed by atoms with Crippen molar-refractivity contribution in [2.24, 2.45) is 21.8 Å². The molecule has 2 saturated heterocycles. The third-order valence-electron chi connectivity index (χ3n) is 5.88. The first-order chi connectivity index (χ1) is 13.5. The molecule has 0 aliphatic carbocycles. The van der Waals surface area contributed by atoms with Gasteiger partial charge < -0.3 is 14.2 Å². The van der Waals surface area contributed by atoms with Crippen LogP contribution in [0, 0.1) is 11.8 Å². The van der Waals surface area contributed by atoms with Crippen LogP contribution in [-0.2, 0) is 4.79 Å². The number of carbonyl (C=O) groups is 2. The fourth-order valence-electron chi connectivity index (χ4n) is 4.39. The molecule has 0 saturated carbocycles. The number of halogens is 1. The van der Waals surface area contributed by atoms with Gasteiger partial charge in [0.1, 0.15) is 0 Å². The Morgan fingerprint density at radius 2 is 1.89 bits per heavy atom. The summed E-state index contributed by atoms with van der Waals surface area (Å²) >= 11 is 0. The van der Waals surface area contributed by atoms with E-state index in [0.717, 1.165) is 5.52 Å². The molecule has 2 fully saturated rings. The standard InChI is InChI=1S/C20H20FN5O2/c1-12-17(21)18(27)23-20(22-12)26-10-14-8-25(9-15(14)11-26)19(28)13-6-16-4-2-3-5-24(16)7-13/h2-7,14-15,17H,8-11H2,1H3. The molecule has 5 rings (SSSR count). The van der Waals surface area contributed by atoms with E-state index in [1.807, 2.05) is 50.9 Å². The van der Waals surface area contributed by atoms with E-state index in [9.17, 15) is 14.0 Å². The second-order valence-corrected chi connectivity index (χ2v) is 7.76.